The molecule has 0 amide bonds. The van der Waals surface area contributed by atoms with Crippen molar-refractivity contribution in [1.29, 1.82) is 0 Å². The molecular formula is C13H7ClFN. The van der Waals surface area contributed by atoms with Crippen LogP contribution in [0.25, 0.3) is 21.8 Å². The highest BCUT2D eigenvalue weighted by molar-refractivity contribution is 6.40. The van der Waals surface area contributed by atoms with Gasteiger partial charge in [0.1, 0.15) is 5.82 Å². The summed E-state index contributed by atoms with van der Waals surface area (Å²) in [6.45, 7) is 0. The van der Waals surface area contributed by atoms with Crippen LogP contribution in [-0.4, -0.2) is 4.98 Å². The maximum Gasteiger partial charge on any atom is 0.124 e. The summed E-state index contributed by atoms with van der Waals surface area (Å²) in [5.74, 6) is -0.300. The van der Waals surface area contributed by atoms with Crippen LogP contribution in [0, 0.1) is 5.82 Å². The highest BCUT2D eigenvalue weighted by Gasteiger charge is 2.07. The molecule has 2 aromatic carbocycles. The van der Waals surface area contributed by atoms with Crippen molar-refractivity contribution in [1.82, 2.24) is 4.98 Å². The molecule has 0 N–H and O–H groups in total. The first-order chi connectivity index (χ1) is 7.75. The highest BCUT2D eigenvalue weighted by atomic mass is 35.5. The van der Waals surface area contributed by atoms with Gasteiger partial charge in [-0.05, 0) is 24.3 Å². The fourth-order valence-corrected chi connectivity index (χ4v) is 2.12. The number of aromatic nitrogens is 1. The average molecular weight is 232 g/mol. The van der Waals surface area contributed by atoms with E-state index < -0.39 is 0 Å². The third-order valence-corrected chi connectivity index (χ3v) is 2.98. The van der Waals surface area contributed by atoms with E-state index in [2.05, 4.69) is 4.98 Å². The molecule has 78 valence electrons. The van der Waals surface area contributed by atoms with E-state index in [0.717, 1.165) is 10.9 Å². The van der Waals surface area contributed by atoms with E-state index in [1.165, 1.54) is 12.1 Å². The summed E-state index contributed by atoms with van der Waals surface area (Å²) in [6.07, 6.45) is 0. The monoisotopic (exact) mass is 231 g/mol. The first-order valence-corrected chi connectivity index (χ1v) is 5.27. The quantitative estimate of drug-likeness (QED) is 0.529. The van der Waals surface area contributed by atoms with Crippen molar-refractivity contribution in [3.63, 3.8) is 0 Å². The molecule has 1 nitrogen and oxygen atoms in total. The summed E-state index contributed by atoms with van der Waals surface area (Å²) in [5, 5.41) is 2.06. The molecule has 1 heterocycles. The zero-order valence-corrected chi connectivity index (χ0v) is 9.00. The minimum atomic E-state index is -0.300. The Labute approximate surface area is 96.5 Å². The number of benzene rings is 2. The predicted octanol–water partition coefficient (Wildman–Crippen LogP) is 4.18. The van der Waals surface area contributed by atoms with Gasteiger partial charge in [-0.3, -0.25) is 0 Å². The number of hydrogen-bond acceptors (Lipinski definition) is 1. The van der Waals surface area contributed by atoms with Crippen LogP contribution in [0.3, 0.4) is 0 Å². The Kier molecular flexibility index (Phi) is 2.04. The van der Waals surface area contributed by atoms with Gasteiger partial charge < -0.3 is 0 Å². The highest BCUT2D eigenvalue weighted by Crippen LogP contribution is 2.30. The lowest BCUT2D eigenvalue weighted by molar-refractivity contribution is 0.629. The van der Waals surface area contributed by atoms with Gasteiger partial charge >= 0.3 is 0 Å². The molecule has 0 aliphatic carbocycles. The summed E-state index contributed by atoms with van der Waals surface area (Å²) in [5.41, 5.74) is 1.54. The molecule has 0 bridgehead atoms. The summed E-state index contributed by atoms with van der Waals surface area (Å²) in [7, 11) is 0. The average Bonchev–Trinajstić information content (AvgIpc) is 2.31. The molecule has 1 aromatic heterocycles. The molecule has 0 spiro atoms. The van der Waals surface area contributed by atoms with E-state index in [-0.39, 0.29) is 5.82 Å². The van der Waals surface area contributed by atoms with E-state index >= 15 is 0 Å². The van der Waals surface area contributed by atoms with Gasteiger partial charge in [-0.2, -0.15) is 0 Å². The molecule has 3 heteroatoms. The van der Waals surface area contributed by atoms with Crippen LogP contribution in [-0.2, 0) is 0 Å². The fourth-order valence-electron chi connectivity index (χ4n) is 1.81. The first kappa shape index (κ1) is 9.55. The molecule has 0 fully saturated rings. The van der Waals surface area contributed by atoms with Crippen molar-refractivity contribution in [3.8, 4) is 0 Å². The van der Waals surface area contributed by atoms with E-state index in [0.29, 0.717) is 15.9 Å². The Morgan fingerprint density at radius 1 is 0.938 bits per heavy atom. The second kappa shape index (κ2) is 3.42. The van der Waals surface area contributed by atoms with Crippen LogP contribution in [0.5, 0.6) is 0 Å². The molecule has 0 unspecified atom stereocenters. The third-order valence-electron chi connectivity index (χ3n) is 2.58. The molecular weight excluding hydrogens is 225 g/mol. The van der Waals surface area contributed by atoms with Crippen LogP contribution < -0.4 is 0 Å². The first-order valence-electron chi connectivity index (χ1n) is 4.89. The SMILES string of the molecule is Fc1ccc2nc3ccccc3c(Cl)c2c1. The maximum absolute atomic E-state index is 13.1. The lowest BCUT2D eigenvalue weighted by Crippen LogP contribution is -1.85. The summed E-state index contributed by atoms with van der Waals surface area (Å²) in [6, 6.07) is 12.0. The smallest absolute Gasteiger partial charge is 0.124 e. The standard InChI is InChI=1S/C13H7ClFN/c14-13-9-3-1-2-4-11(9)16-12-6-5-8(15)7-10(12)13/h1-7H. The number of halogens is 2. The summed E-state index contributed by atoms with van der Waals surface area (Å²) < 4.78 is 13.1. The molecule has 0 saturated carbocycles. The number of nitrogens with zero attached hydrogens (tertiary/aromatic N) is 1. The molecule has 16 heavy (non-hydrogen) atoms. The topological polar surface area (TPSA) is 12.9 Å². The largest absolute Gasteiger partial charge is 0.248 e. The van der Waals surface area contributed by atoms with Gasteiger partial charge in [0.15, 0.2) is 0 Å². The number of rotatable bonds is 0. The lowest BCUT2D eigenvalue weighted by atomic mass is 10.1. The van der Waals surface area contributed by atoms with Gasteiger partial charge in [-0.1, -0.05) is 29.8 Å². The minimum absolute atomic E-state index is 0.300. The van der Waals surface area contributed by atoms with Crippen molar-refractivity contribution in [3.05, 3.63) is 53.3 Å². The van der Waals surface area contributed by atoms with Gasteiger partial charge in [0.05, 0.1) is 16.1 Å². The van der Waals surface area contributed by atoms with Gasteiger partial charge in [-0.15, -0.1) is 0 Å². The lowest BCUT2D eigenvalue weighted by Gasteiger charge is -2.04. The zero-order valence-electron chi connectivity index (χ0n) is 8.24. The molecule has 0 aliphatic heterocycles. The van der Waals surface area contributed by atoms with Gasteiger partial charge in [0.25, 0.3) is 0 Å². The van der Waals surface area contributed by atoms with Crippen LogP contribution in [0.2, 0.25) is 5.02 Å². The van der Waals surface area contributed by atoms with Gasteiger partial charge in [-0.25, -0.2) is 9.37 Å². The molecule has 3 aromatic rings. The Balaban J connectivity index is 2.56. The number of hydrogen-bond donors (Lipinski definition) is 0. The van der Waals surface area contributed by atoms with Crippen molar-refractivity contribution < 1.29 is 4.39 Å². The Bertz CT molecular complexity index is 694. The number of para-hydroxylation sites is 1. The Hall–Kier alpha value is -1.67. The maximum atomic E-state index is 13.1. The van der Waals surface area contributed by atoms with Crippen LogP contribution >= 0.6 is 11.6 Å². The second-order valence-electron chi connectivity index (χ2n) is 3.60. The number of pyridine rings is 1. The van der Waals surface area contributed by atoms with Crippen LogP contribution in [0.1, 0.15) is 0 Å². The Morgan fingerprint density at radius 2 is 1.69 bits per heavy atom. The molecule has 0 saturated heterocycles. The van der Waals surface area contributed by atoms with E-state index in [1.807, 2.05) is 24.3 Å². The van der Waals surface area contributed by atoms with Gasteiger partial charge in [0, 0.05) is 10.8 Å². The summed E-state index contributed by atoms with van der Waals surface area (Å²) >= 11 is 6.24. The predicted molar refractivity (Wildman–Crippen MR) is 64.2 cm³/mol. The third kappa shape index (κ3) is 1.34. The van der Waals surface area contributed by atoms with E-state index in [4.69, 9.17) is 11.6 Å². The summed E-state index contributed by atoms with van der Waals surface area (Å²) in [4.78, 5) is 4.43. The van der Waals surface area contributed by atoms with E-state index in [1.54, 1.807) is 6.07 Å². The Morgan fingerprint density at radius 3 is 2.56 bits per heavy atom. The zero-order chi connectivity index (χ0) is 11.1. The molecule has 0 aliphatic rings. The van der Waals surface area contributed by atoms with Crippen molar-refractivity contribution in [2.45, 2.75) is 0 Å². The van der Waals surface area contributed by atoms with Gasteiger partial charge in [0.2, 0.25) is 0 Å². The van der Waals surface area contributed by atoms with Crippen LogP contribution in [0.15, 0.2) is 42.5 Å². The molecule has 3 rings (SSSR count). The van der Waals surface area contributed by atoms with Crippen molar-refractivity contribution >= 4 is 33.4 Å². The normalized spacial score (nSPS) is 11.1. The molecule has 0 atom stereocenters. The second-order valence-corrected chi connectivity index (χ2v) is 3.98. The fraction of sp³-hybridized carbons (Fsp3) is 0. The van der Waals surface area contributed by atoms with E-state index in [9.17, 15) is 4.39 Å². The number of fused-ring (bicyclic) bond motifs is 2. The van der Waals surface area contributed by atoms with Crippen molar-refractivity contribution in [2.24, 2.45) is 0 Å². The van der Waals surface area contributed by atoms with Crippen molar-refractivity contribution in [2.75, 3.05) is 0 Å². The molecule has 0 radical (unpaired) electrons. The van der Waals surface area contributed by atoms with Crippen LogP contribution in [0.4, 0.5) is 4.39 Å². The minimum Gasteiger partial charge on any atom is -0.248 e.